The Bertz CT molecular complexity index is 87.8. The van der Waals surface area contributed by atoms with Crippen molar-refractivity contribution in [1.29, 1.82) is 0 Å². The minimum absolute atomic E-state index is 0.543. The first-order valence-electron chi connectivity index (χ1n) is 5.13. The van der Waals surface area contributed by atoms with Crippen LogP contribution in [0.1, 0.15) is 33.6 Å². The Balaban J connectivity index is 0.000000561. The number of piperidine rings is 1. The van der Waals surface area contributed by atoms with Crippen LogP contribution in [0.5, 0.6) is 0 Å². The van der Waals surface area contributed by atoms with Gasteiger partial charge in [0.15, 0.2) is 0 Å². The van der Waals surface area contributed by atoms with Crippen LogP contribution in [0.15, 0.2) is 0 Å². The molecule has 0 saturated carbocycles. The topological polar surface area (TPSA) is 12.5 Å². The molecule has 1 heterocycles. The van der Waals surface area contributed by atoms with Crippen molar-refractivity contribution >= 4 is 0 Å². The zero-order valence-corrected chi connectivity index (χ0v) is 8.97. The zero-order chi connectivity index (χ0) is 9.40. The maximum Gasteiger partial charge on any atom is 0.0599 e. The van der Waals surface area contributed by atoms with E-state index in [1.54, 1.807) is 0 Å². The number of ether oxygens (including phenoxy) is 1. The van der Waals surface area contributed by atoms with Gasteiger partial charge in [0.05, 0.1) is 6.10 Å². The normalized spacial score (nSPS) is 20.0. The van der Waals surface area contributed by atoms with Gasteiger partial charge in [-0.3, -0.25) is 0 Å². The van der Waals surface area contributed by atoms with Crippen molar-refractivity contribution in [3.05, 3.63) is 0 Å². The molecule has 0 aromatic carbocycles. The van der Waals surface area contributed by atoms with Crippen molar-refractivity contribution in [2.45, 2.75) is 39.7 Å². The minimum Gasteiger partial charge on any atom is -0.378 e. The SMILES string of the molecule is CC.CCOC1CCN(C)CC1. The third kappa shape index (κ3) is 4.73. The summed E-state index contributed by atoms with van der Waals surface area (Å²) in [4.78, 5) is 2.36. The van der Waals surface area contributed by atoms with Crippen LogP contribution in [0.25, 0.3) is 0 Å². The Kier molecular flexibility index (Phi) is 7.51. The summed E-state index contributed by atoms with van der Waals surface area (Å²) in [6.07, 6.45) is 2.97. The standard InChI is InChI=1S/C8H17NO.C2H6/c1-3-10-8-4-6-9(2)7-5-8;1-2/h8H,3-7H2,1-2H3;1-2H3. The molecular formula is C10H23NO. The summed E-state index contributed by atoms with van der Waals surface area (Å²) in [7, 11) is 2.17. The Morgan fingerprint density at radius 1 is 1.25 bits per heavy atom. The highest BCUT2D eigenvalue weighted by Gasteiger charge is 2.15. The first-order valence-corrected chi connectivity index (χ1v) is 5.13. The van der Waals surface area contributed by atoms with Crippen molar-refractivity contribution in [3.63, 3.8) is 0 Å². The van der Waals surface area contributed by atoms with E-state index in [4.69, 9.17) is 4.74 Å². The maximum absolute atomic E-state index is 5.50. The van der Waals surface area contributed by atoms with Crippen LogP contribution in [0.4, 0.5) is 0 Å². The highest BCUT2D eigenvalue weighted by Crippen LogP contribution is 2.11. The second-order valence-corrected chi connectivity index (χ2v) is 2.96. The molecule has 0 aliphatic carbocycles. The summed E-state index contributed by atoms with van der Waals surface area (Å²) < 4.78 is 5.50. The van der Waals surface area contributed by atoms with Crippen LogP contribution >= 0.6 is 0 Å². The van der Waals surface area contributed by atoms with E-state index < -0.39 is 0 Å². The molecule has 2 heteroatoms. The molecule has 2 nitrogen and oxygen atoms in total. The summed E-state index contributed by atoms with van der Waals surface area (Å²) in [6.45, 7) is 9.34. The highest BCUT2D eigenvalue weighted by molar-refractivity contribution is 4.69. The second-order valence-electron chi connectivity index (χ2n) is 2.96. The molecule has 12 heavy (non-hydrogen) atoms. The summed E-state index contributed by atoms with van der Waals surface area (Å²) >= 11 is 0. The van der Waals surface area contributed by atoms with E-state index in [1.165, 1.54) is 25.9 Å². The minimum atomic E-state index is 0.543. The van der Waals surface area contributed by atoms with Gasteiger partial charge in [0, 0.05) is 19.7 Å². The number of nitrogens with zero attached hydrogens (tertiary/aromatic N) is 1. The molecule has 0 amide bonds. The monoisotopic (exact) mass is 173 g/mol. The predicted octanol–water partition coefficient (Wildman–Crippen LogP) is 2.14. The maximum atomic E-state index is 5.50. The Morgan fingerprint density at radius 3 is 2.17 bits per heavy atom. The molecule has 0 atom stereocenters. The van der Waals surface area contributed by atoms with E-state index >= 15 is 0 Å². The molecule has 0 unspecified atom stereocenters. The highest BCUT2D eigenvalue weighted by atomic mass is 16.5. The lowest BCUT2D eigenvalue weighted by molar-refractivity contribution is 0.0197. The lowest BCUT2D eigenvalue weighted by Gasteiger charge is -2.28. The van der Waals surface area contributed by atoms with Crippen LogP contribution in [0.2, 0.25) is 0 Å². The summed E-state index contributed by atoms with van der Waals surface area (Å²) in [5, 5.41) is 0. The van der Waals surface area contributed by atoms with Gasteiger partial charge in [0.1, 0.15) is 0 Å². The van der Waals surface area contributed by atoms with Crippen LogP contribution in [0, 0.1) is 0 Å². The van der Waals surface area contributed by atoms with E-state index in [0.717, 1.165) is 6.61 Å². The van der Waals surface area contributed by atoms with Gasteiger partial charge in [0.25, 0.3) is 0 Å². The third-order valence-corrected chi connectivity index (χ3v) is 2.07. The van der Waals surface area contributed by atoms with Gasteiger partial charge in [-0.15, -0.1) is 0 Å². The Hall–Kier alpha value is -0.0800. The van der Waals surface area contributed by atoms with E-state index in [-0.39, 0.29) is 0 Å². The number of rotatable bonds is 2. The molecule has 0 aromatic heterocycles. The zero-order valence-electron chi connectivity index (χ0n) is 8.97. The van der Waals surface area contributed by atoms with Crippen molar-refractivity contribution in [3.8, 4) is 0 Å². The van der Waals surface area contributed by atoms with E-state index in [2.05, 4.69) is 18.9 Å². The summed E-state index contributed by atoms with van der Waals surface area (Å²) in [6, 6.07) is 0. The fourth-order valence-corrected chi connectivity index (χ4v) is 1.39. The molecule has 0 N–H and O–H groups in total. The molecule has 0 bridgehead atoms. The van der Waals surface area contributed by atoms with E-state index in [0.29, 0.717) is 6.10 Å². The van der Waals surface area contributed by atoms with Crippen molar-refractivity contribution in [2.75, 3.05) is 26.7 Å². The smallest absolute Gasteiger partial charge is 0.0599 e. The molecule has 0 spiro atoms. The lowest BCUT2D eigenvalue weighted by atomic mass is 10.1. The molecular weight excluding hydrogens is 150 g/mol. The molecule has 0 radical (unpaired) electrons. The third-order valence-electron chi connectivity index (χ3n) is 2.07. The number of hydrogen-bond acceptors (Lipinski definition) is 2. The average molecular weight is 173 g/mol. The van der Waals surface area contributed by atoms with E-state index in [9.17, 15) is 0 Å². The molecule has 74 valence electrons. The van der Waals surface area contributed by atoms with Crippen molar-refractivity contribution < 1.29 is 4.74 Å². The fraction of sp³-hybridized carbons (Fsp3) is 1.00. The number of likely N-dealkylation sites (tertiary alicyclic amines) is 1. The molecule has 1 saturated heterocycles. The summed E-state index contributed by atoms with van der Waals surface area (Å²) in [5.41, 5.74) is 0. The van der Waals surface area contributed by atoms with Crippen molar-refractivity contribution in [2.24, 2.45) is 0 Å². The van der Waals surface area contributed by atoms with Gasteiger partial charge in [-0.25, -0.2) is 0 Å². The Morgan fingerprint density at radius 2 is 1.75 bits per heavy atom. The lowest BCUT2D eigenvalue weighted by Crippen LogP contribution is -2.34. The summed E-state index contributed by atoms with van der Waals surface area (Å²) in [5.74, 6) is 0. The van der Waals surface area contributed by atoms with Gasteiger partial charge in [-0.2, -0.15) is 0 Å². The average Bonchev–Trinajstić information content (AvgIpc) is 2.13. The Labute approximate surface area is 76.9 Å². The molecule has 1 aliphatic rings. The largest absolute Gasteiger partial charge is 0.378 e. The predicted molar refractivity (Wildman–Crippen MR) is 53.5 cm³/mol. The van der Waals surface area contributed by atoms with Crippen molar-refractivity contribution in [1.82, 2.24) is 4.90 Å². The molecule has 1 rings (SSSR count). The van der Waals surface area contributed by atoms with Gasteiger partial charge < -0.3 is 9.64 Å². The van der Waals surface area contributed by atoms with Gasteiger partial charge in [-0.05, 0) is 26.8 Å². The van der Waals surface area contributed by atoms with Gasteiger partial charge >= 0.3 is 0 Å². The first-order chi connectivity index (χ1) is 5.83. The molecule has 1 aliphatic heterocycles. The van der Waals surface area contributed by atoms with Gasteiger partial charge in [0.2, 0.25) is 0 Å². The molecule has 0 aromatic rings. The quantitative estimate of drug-likeness (QED) is 0.634. The van der Waals surface area contributed by atoms with Crippen LogP contribution in [0.3, 0.4) is 0 Å². The number of hydrogen-bond donors (Lipinski definition) is 0. The first kappa shape index (κ1) is 11.9. The van der Waals surface area contributed by atoms with E-state index in [1.807, 2.05) is 13.8 Å². The second kappa shape index (κ2) is 7.56. The molecule has 1 fully saturated rings. The van der Waals surface area contributed by atoms with Gasteiger partial charge in [-0.1, -0.05) is 13.8 Å². The van der Waals surface area contributed by atoms with Crippen LogP contribution < -0.4 is 0 Å². The van der Waals surface area contributed by atoms with Crippen LogP contribution in [-0.2, 0) is 4.74 Å². The fourth-order valence-electron chi connectivity index (χ4n) is 1.39. The van der Waals surface area contributed by atoms with Crippen LogP contribution in [-0.4, -0.2) is 37.7 Å².